The van der Waals surface area contributed by atoms with Gasteiger partial charge in [-0.2, -0.15) is 0 Å². The van der Waals surface area contributed by atoms with Crippen molar-refractivity contribution in [1.29, 1.82) is 5.41 Å². The molecule has 1 aromatic carbocycles. The minimum atomic E-state index is -1.55. The normalized spacial score (nSPS) is 12.4. The lowest BCUT2D eigenvalue weighted by Crippen LogP contribution is -2.45. The maximum atomic E-state index is 12.4. The van der Waals surface area contributed by atoms with Crippen LogP contribution in [0, 0.1) is 11.3 Å². The van der Waals surface area contributed by atoms with E-state index < -0.39 is 42.2 Å². The average Bonchev–Trinajstić information content (AvgIpc) is 3.20. The zero-order chi connectivity index (χ0) is 23.8. The van der Waals surface area contributed by atoms with Crippen molar-refractivity contribution in [3.05, 3.63) is 53.5 Å². The monoisotopic (exact) mass is 445 g/mol. The zero-order valence-corrected chi connectivity index (χ0v) is 17.2. The molecule has 0 bridgehead atoms. The van der Waals surface area contributed by atoms with Crippen molar-refractivity contribution in [1.82, 2.24) is 5.32 Å². The van der Waals surface area contributed by atoms with Gasteiger partial charge in [-0.3, -0.25) is 15.0 Å². The molecule has 11 heteroatoms. The molecule has 0 saturated carbocycles. The van der Waals surface area contributed by atoms with E-state index >= 15 is 0 Å². The Hall–Kier alpha value is -4.15. The topological polar surface area (TPSA) is 193 Å². The lowest BCUT2D eigenvalue weighted by molar-refractivity contribution is -0.147. The first-order valence-corrected chi connectivity index (χ1v) is 9.61. The van der Waals surface area contributed by atoms with Gasteiger partial charge in [-0.05, 0) is 42.8 Å². The van der Waals surface area contributed by atoms with Crippen LogP contribution >= 0.6 is 0 Å². The summed E-state index contributed by atoms with van der Waals surface area (Å²) in [4.78, 5) is 46.6. The van der Waals surface area contributed by atoms with E-state index in [2.05, 4.69) is 5.32 Å². The summed E-state index contributed by atoms with van der Waals surface area (Å²) in [5, 5.41) is 27.4. The number of hydrogen-bond acceptors (Lipinski definition) is 7. The van der Waals surface area contributed by atoms with Gasteiger partial charge >= 0.3 is 17.9 Å². The Kier molecular flexibility index (Phi) is 8.11. The van der Waals surface area contributed by atoms with Gasteiger partial charge in [0.1, 0.15) is 23.4 Å². The van der Waals surface area contributed by atoms with E-state index in [-0.39, 0.29) is 23.8 Å². The van der Waals surface area contributed by atoms with Crippen molar-refractivity contribution in [2.75, 3.05) is 0 Å². The molecule has 6 N–H and O–H groups in total. The third-order valence-corrected chi connectivity index (χ3v) is 4.54. The number of hydrogen-bond donors (Lipinski definition) is 5. The maximum absolute atomic E-state index is 12.4. The molecule has 1 heterocycles. The molecular weight excluding hydrogens is 422 g/mol. The summed E-state index contributed by atoms with van der Waals surface area (Å²) in [7, 11) is 0. The molecule has 1 amide bonds. The number of carboxylic acid groups (broad SMARTS) is 2. The number of amidine groups is 1. The van der Waals surface area contributed by atoms with E-state index in [0.717, 1.165) is 0 Å². The maximum Gasteiger partial charge on any atom is 0.379 e. The molecule has 11 nitrogen and oxygen atoms in total. The summed E-state index contributed by atoms with van der Waals surface area (Å²) < 4.78 is 10.7. The van der Waals surface area contributed by atoms with E-state index in [1.165, 1.54) is 36.4 Å². The summed E-state index contributed by atoms with van der Waals surface area (Å²) in [5.41, 5.74) is 5.85. The number of rotatable bonds is 11. The van der Waals surface area contributed by atoms with Crippen molar-refractivity contribution in [2.24, 2.45) is 11.7 Å². The number of nitrogen functional groups attached to an aromatic ring is 1. The van der Waals surface area contributed by atoms with Crippen molar-refractivity contribution in [3.8, 4) is 5.75 Å². The second-order valence-corrected chi connectivity index (χ2v) is 6.90. The van der Waals surface area contributed by atoms with Gasteiger partial charge in [-0.1, -0.05) is 6.92 Å². The lowest BCUT2D eigenvalue weighted by atomic mass is 9.99. The van der Waals surface area contributed by atoms with Crippen LogP contribution in [-0.2, 0) is 20.8 Å². The fourth-order valence-corrected chi connectivity index (χ4v) is 2.79. The number of benzene rings is 1. The summed E-state index contributed by atoms with van der Waals surface area (Å²) in [6, 6.07) is 7.34. The first kappa shape index (κ1) is 24.1. The number of carbonyl (C=O) groups excluding carboxylic acids is 2. The zero-order valence-electron chi connectivity index (χ0n) is 17.2. The predicted octanol–water partition coefficient (Wildman–Crippen LogP) is 1.40. The number of ether oxygens (including phenoxy) is 1. The molecule has 0 aliphatic carbocycles. The summed E-state index contributed by atoms with van der Waals surface area (Å²) >= 11 is 0. The summed E-state index contributed by atoms with van der Waals surface area (Å²) in [6.07, 6.45) is -0.349. The Morgan fingerprint density at radius 2 is 1.78 bits per heavy atom. The van der Waals surface area contributed by atoms with Gasteiger partial charge in [0.15, 0.2) is 0 Å². The van der Waals surface area contributed by atoms with Crippen LogP contribution in [0.2, 0.25) is 0 Å². The van der Waals surface area contributed by atoms with Crippen molar-refractivity contribution in [3.63, 3.8) is 0 Å². The Balaban J connectivity index is 2.01. The first-order valence-electron chi connectivity index (χ1n) is 9.61. The number of carboxylic acids is 2. The molecule has 0 spiro atoms. The second-order valence-electron chi connectivity index (χ2n) is 6.90. The third-order valence-electron chi connectivity index (χ3n) is 4.54. The van der Waals surface area contributed by atoms with E-state index in [1.54, 1.807) is 6.92 Å². The minimum Gasteiger partial charge on any atom is -0.481 e. The molecule has 0 fully saturated rings. The smallest absolute Gasteiger partial charge is 0.379 e. The van der Waals surface area contributed by atoms with Gasteiger partial charge in [-0.15, -0.1) is 0 Å². The number of amides is 1. The van der Waals surface area contributed by atoms with Crippen LogP contribution in [0.3, 0.4) is 0 Å². The number of aliphatic carboxylic acids is 2. The van der Waals surface area contributed by atoms with Crippen LogP contribution < -0.4 is 15.8 Å². The minimum absolute atomic E-state index is 0.0718. The molecule has 0 radical (unpaired) electrons. The summed E-state index contributed by atoms with van der Waals surface area (Å²) in [6.45, 7) is 1.71. The average molecular weight is 445 g/mol. The van der Waals surface area contributed by atoms with Crippen LogP contribution in [0.25, 0.3) is 0 Å². The molecule has 2 aromatic rings. The van der Waals surface area contributed by atoms with Crippen LogP contribution in [-0.4, -0.2) is 45.9 Å². The van der Waals surface area contributed by atoms with Crippen molar-refractivity contribution < 1.29 is 38.5 Å². The van der Waals surface area contributed by atoms with Crippen molar-refractivity contribution >= 4 is 29.7 Å². The SMILES string of the molecule is CCC(Cc1ccc(C(=O)Oc2ccc(C(=N)N)cc2)o1)C(=O)N[C@H](CC(=O)O)C(=O)O. The molecule has 0 aliphatic rings. The Bertz CT molecular complexity index is 1010. The van der Waals surface area contributed by atoms with E-state index in [1.807, 2.05) is 0 Å². The van der Waals surface area contributed by atoms with Crippen LogP contribution in [0.1, 0.15) is 41.6 Å². The first-order chi connectivity index (χ1) is 15.1. The second kappa shape index (κ2) is 10.8. The number of carbonyl (C=O) groups is 4. The van der Waals surface area contributed by atoms with Gasteiger partial charge in [0.05, 0.1) is 6.42 Å². The standard InChI is InChI=1S/C21H23N3O8/c1-2-11(19(27)24-15(20(28)29)10-17(25)26)9-14-7-8-16(31-14)21(30)32-13-5-3-12(4-6-13)18(22)23/h3-8,11,15H,2,9-10H2,1H3,(H3,22,23)(H,24,27)(H,25,26)(H,28,29)/t11?,15-/m1/s1. The van der Waals surface area contributed by atoms with E-state index in [9.17, 15) is 19.2 Å². The number of furan rings is 1. The van der Waals surface area contributed by atoms with Gasteiger partial charge in [0.2, 0.25) is 11.7 Å². The van der Waals surface area contributed by atoms with Crippen LogP contribution in [0.15, 0.2) is 40.8 Å². The highest BCUT2D eigenvalue weighted by Gasteiger charge is 2.27. The third kappa shape index (κ3) is 6.69. The molecular formula is C21H23N3O8. The molecule has 0 aliphatic heterocycles. The molecule has 170 valence electrons. The molecule has 1 unspecified atom stereocenters. The number of nitrogens with one attached hydrogen (secondary N) is 2. The fraction of sp³-hybridized carbons (Fsp3) is 0.286. The predicted molar refractivity (Wildman–Crippen MR) is 110 cm³/mol. The van der Waals surface area contributed by atoms with Crippen molar-refractivity contribution in [2.45, 2.75) is 32.2 Å². The van der Waals surface area contributed by atoms with Gasteiger partial charge in [0, 0.05) is 17.9 Å². The largest absolute Gasteiger partial charge is 0.481 e. The van der Waals surface area contributed by atoms with Crippen LogP contribution in [0.4, 0.5) is 0 Å². The lowest BCUT2D eigenvalue weighted by Gasteiger charge is -2.17. The van der Waals surface area contributed by atoms with Gasteiger partial charge in [0.25, 0.3) is 0 Å². The van der Waals surface area contributed by atoms with E-state index in [4.69, 9.17) is 30.5 Å². The highest BCUT2D eigenvalue weighted by Crippen LogP contribution is 2.19. The van der Waals surface area contributed by atoms with E-state index in [0.29, 0.717) is 17.7 Å². The van der Waals surface area contributed by atoms with Crippen LogP contribution in [0.5, 0.6) is 5.75 Å². The Morgan fingerprint density at radius 3 is 2.31 bits per heavy atom. The fourth-order valence-electron chi connectivity index (χ4n) is 2.79. The highest BCUT2D eigenvalue weighted by molar-refractivity contribution is 5.95. The molecule has 1 aromatic heterocycles. The molecule has 32 heavy (non-hydrogen) atoms. The van der Waals surface area contributed by atoms with Gasteiger partial charge < -0.3 is 30.4 Å². The molecule has 2 rings (SSSR count). The Labute approximate surface area is 182 Å². The molecule has 0 saturated heterocycles. The number of nitrogens with two attached hydrogens (primary N) is 1. The number of esters is 1. The highest BCUT2D eigenvalue weighted by atomic mass is 16.5. The molecule has 2 atom stereocenters. The Morgan fingerprint density at radius 1 is 1.12 bits per heavy atom. The quantitative estimate of drug-likeness (QED) is 0.147. The van der Waals surface area contributed by atoms with Gasteiger partial charge in [-0.25, -0.2) is 9.59 Å². The summed E-state index contributed by atoms with van der Waals surface area (Å²) in [5.74, 6) is -4.58.